The van der Waals surface area contributed by atoms with E-state index in [0.717, 1.165) is 45.3 Å². The third-order valence-electron chi connectivity index (χ3n) is 10.3. The van der Waals surface area contributed by atoms with Crippen LogP contribution in [0.25, 0.3) is 22.6 Å². The first-order chi connectivity index (χ1) is 29.1. The molecule has 59 heavy (non-hydrogen) atoms. The van der Waals surface area contributed by atoms with Gasteiger partial charge in [0.15, 0.2) is 11.6 Å². The molecule has 0 fully saturated rings. The second-order valence-electron chi connectivity index (χ2n) is 14.1. The van der Waals surface area contributed by atoms with Crippen LogP contribution in [0, 0.1) is 0 Å². The van der Waals surface area contributed by atoms with Crippen LogP contribution in [0.3, 0.4) is 0 Å². The summed E-state index contributed by atoms with van der Waals surface area (Å²) >= 11 is 0. The van der Waals surface area contributed by atoms with Crippen LogP contribution in [-0.2, 0) is 0 Å². The van der Waals surface area contributed by atoms with Crippen molar-refractivity contribution in [3.63, 3.8) is 0 Å². The molecule has 0 saturated heterocycles. The normalized spacial score (nSPS) is 10.8. The number of rotatable bonds is 12. The lowest BCUT2D eigenvalue weighted by atomic mass is 10.0. The van der Waals surface area contributed by atoms with Gasteiger partial charge in [-0.25, -0.2) is 0 Å². The van der Waals surface area contributed by atoms with Crippen LogP contribution in [0.5, 0.6) is 0 Å². The minimum atomic E-state index is -0.0545. The molecule has 1 heterocycles. The molecule has 9 aromatic rings. The summed E-state index contributed by atoms with van der Waals surface area (Å²) in [5.74, 6) is 1.26. The Morgan fingerprint density at radius 1 is 0.271 bits per heavy atom. The van der Waals surface area contributed by atoms with Crippen LogP contribution in [-0.4, -0.2) is 11.6 Å². The average Bonchev–Trinajstić information content (AvgIpc) is 3.82. The maximum absolute atomic E-state index is 13.6. The molecule has 0 atom stereocenters. The van der Waals surface area contributed by atoms with Gasteiger partial charge in [0.25, 0.3) is 0 Å². The first-order valence-corrected chi connectivity index (χ1v) is 19.5. The fourth-order valence-electron chi connectivity index (χ4n) is 7.28. The van der Waals surface area contributed by atoms with Crippen LogP contribution in [0.4, 0.5) is 34.1 Å². The Kier molecular flexibility index (Phi) is 10.3. The molecule has 8 aromatic carbocycles. The topological polar surface area (TPSA) is 53.8 Å². The van der Waals surface area contributed by atoms with Crippen molar-refractivity contribution in [2.24, 2.45) is 0 Å². The summed E-state index contributed by atoms with van der Waals surface area (Å²) in [4.78, 5) is 31.4. The highest BCUT2D eigenvalue weighted by molar-refractivity contribution is 6.10. The molecule has 5 heteroatoms. The van der Waals surface area contributed by atoms with Crippen molar-refractivity contribution in [2.75, 3.05) is 9.80 Å². The first-order valence-electron chi connectivity index (χ1n) is 19.5. The SMILES string of the molecule is O=C(c1ccc(-c2ccc(-c3ccc(C(=O)c4ccc(N(c5ccccc5)c5ccccc5)cc4)cc3)o2)cc1)c1ccc(N(c2ccccc2)c2ccccc2)cc1. The van der Waals surface area contributed by atoms with Gasteiger partial charge in [0, 0.05) is 67.5 Å². The van der Waals surface area contributed by atoms with E-state index < -0.39 is 0 Å². The highest BCUT2D eigenvalue weighted by Gasteiger charge is 2.17. The molecular weight excluding hydrogens is 725 g/mol. The van der Waals surface area contributed by atoms with E-state index in [1.165, 1.54) is 0 Å². The lowest BCUT2D eigenvalue weighted by Gasteiger charge is -2.25. The van der Waals surface area contributed by atoms with Crippen molar-refractivity contribution in [2.45, 2.75) is 0 Å². The molecule has 0 unspecified atom stereocenters. The van der Waals surface area contributed by atoms with E-state index >= 15 is 0 Å². The Morgan fingerprint density at radius 3 is 0.780 bits per heavy atom. The van der Waals surface area contributed by atoms with Gasteiger partial charge in [-0.2, -0.15) is 0 Å². The van der Waals surface area contributed by atoms with Gasteiger partial charge in [0.05, 0.1) is 0 Å². The van der Waals surface area contributed by atoms with Crippen molar-refractivity contribution in [3.05, 3.63) is 253 Å². The molecule has 9 rings (SSSR count). The standard InChI is InChI=1S/C54H38N2O3/c57-53(43-29-33-49(34-30-43)55(45-13-5-1-6-14-45)46-15-7-2-8-16-46)41-25-21-39(22-26-41)51-37-38-52(59-51)40-23-27-42(28-24-40)54(58)44-31-35-50(36-32-44)56(47-17-9-3-10-18-47)48-19-11-4-12-20-48/h1-38H. The van der Waals surface area contributed by atoms with Crippen molar-refractivity contribution in [1.29, 1.82) is 0 Å². The van der Waals surface area contributed by atoms with Gasteiger partial charge >= 0.3 is 0 Å². The van der Waals surface area contributed by atoms with Crippen LogP contribution in [0.15, 0.2) is 235 Å². The highest BCUT2D eigenvalue weighted by atomic mass is 16.3. The summed E-state index contributed by atoms with van der Waals surface area (Å²) in [6.07, 6.45) is 0. The summed E-state index contributed by atoms with van der Waals surface area (Å²) in [5.41, 5.74) is 10.2. The average molecular weight is 763 g/mol. The van der Waals surface area contributed by atoms with E-state index in [1.807, 2.05) is 182 Å². The van der Waals surface area contributed by atoms with Gasteiger partial charge in [-0.05, 0) is 109 Å². The lowest BCUT2D eigenvalue weighted by molar-refractivity contribution is 0.103. The van der Waals surface area contributed by atoms with Crippen LogP contribution in [0.1, 0.15) is 31.8 Å². The second-order valence-corrected chi connectivity index (χ2v) is 14.1. The number of carbonyl (C=O) groups is 2. The summed E-state index contributed by atoms with van der Waals surface area (Å²) in [6, 6.07) is 75.0. The lowest BCUT2D eigenvalue weighted by Crippen LogP contribution is -2.10. The maximum Gasteiger partial charge on any atom is 0.193 e. The molecule has 5 nitrogen and oxygen atoms in total. The Bertz CT molecular complexity index is 2530. The molecule has 1 aromatic heterocycles. The number of hydrogen-bond acceptors (Lipinski definition) is 5. The van der Waals surface area contributed by atoms with Crippen molar-refractivity contribution >= 4 is 45.7 Å². The Balaban J connectivity index is 0.865. The van der Waals surface area contributed by atoms with Gasteiger partial charge in [-0.1, -0.05) is 121 Å². The van der Waals surface area contributed by atoms with E-state index in [0.29, 0.717) is 33.8 Å². The smallest absolute Gasteiger partial charge is 0.193 e. The van der Waals surface area contributed by atoms with Crippen LogP contribution < -0.4 is 9.80 Å². The molecule has 0 radical (unpaired) electrons. The first kappa shape index (κ1) is 36.6. The summed E-state index contributed by atoms with van der Waals surface area (Å²) in [7, 11) is 0. The minimum Gasteiger partial charge on any atom is -0.456 e. The molecule has 0 amide bonds. The highest BCUT2D eigenvalue weighted by Crippen LogP contribution is 2.36. The van der Waals surface area contributed by atoms with Gasteiger partial charge in [-0.3, -0.25) is 9.59 Å². The fourth-order valence-corrected chi connectivity index (χ4v) is 7.28. The predicted octanol–water partition coefficient (Wildman–Crippen LogP) is 14.0. The Hall–Kier alpha value is -8.02. The predicted molar refractivity (Wildman–Crippen MR) is 239 cm³/mol. The van der Waals surface area contributed by atoms with E-state index in [2.05, 4.69) is 58.3 Å². The number of furan rings is 1. The molecule has 0 aliphatic carbocycles. The number of nitrogens with zero attached hydrogens (tertiary/aromatic N) is 2. The summed E-state index contributed by atoms with van der Waals surface area (Å²) < 4.78 is 6.26. The number of ketones is 2. The Labute approximate surface area is 343 Å². The minimum absolute atomic E-state index is 0.0545. The maximum atomic E-state index is 13.6. The van der Waals surface area contributed by atoms with Gasteiger partial charge in [0.1, 0.15) is 11.5 Å². The largest absolute Gasteiger partial charge is 0.456 e. The zero-order valence-corrected chi connectivity index (χ0v) is 32.1. The van der Waals surface area contributed by atoms with Crippen molar-refractivity contribution < 1.29 is 14.0 Å². The van der Waals surface area contributed by atoms with E-state index in [1.54, 1.807) is 0 Å². The molecule has 0 aliphatic rings. The van der Waals surface area contributed by atoms with Crippen LogP contribution >= 0.6 is 0 Å². The van der Waals surface area contributed by atoms with E-state index in [9.17, 15) is 9.59 Å². The zero-order valence-electron chi connectivity index (χ0n) is 32.1. The van der Waals surface area contributed by atoms with Gasteiger partial charge < -0.3 is 14.2 Å². The monoisotopic (exact) mass is 762 g/mol. The van der Waals surface area contributed by atoms with Crippen LogP contribution in [0.2, 0.25) is 0 Å². The number of anilines is 6. The van der Waals surface area contributed by atoms with Gasteiger partial charge in [0.2, 0.25) is 0 Å². The second kappa shape index (κ2) is 16.6. The molecule has 0 saturated carbocycles. The molecule has 0 N–H and O–H groups in total. The molecule has 0 spiro atoms. The molecule has 282 valence electrons. The van der Waals surface area contributed by atoms with Crippen molar-refractivity contribution in [1.82, 2.24) is 0 Å². The third kappa shape index (κ3) is 7.86. The van der Waals surface area contributed by atoms with Gasteiger partial charge in [-0.15, -0.1) is 0 Å². The quantitative estimate of drug-likeness (QED) is 0.116. The zero-order chi connectivity index (χ0) is 40.0. The number of hydrogen-bond donors (Lipinski definition) is 0. The third-order valence-corrected chi connectivity index (χ3v) is 10.3. The fraction of sp³-hybridized carbons (Fsp3) is 0. The number of carbonyl (C=O) groups excluding carboxylic acids is 2. The number of para-hydroxylation sites is 4. The molecule has 0 bridgehead atoms. The summed E-state index contributed by atoms with van der Waals surface area (Å²) in [5, 5.41) is 0. The van der Waals surface area contributed by atoms with E-state index in [4.69, 9.17) is 4.42 Å². The van der Waals surface area contributed by atoms with Crippen molar-refractivity contribution in [3.8, 4) is 22.6 Å². The molecular formula is C54H38N2O3. The van der Waals surface area contributed by atoms with E-state index in [-0.39, 0.29) is 11.6 Å². The number of benzene rings is 8. The summed E-state index contributed by atoms with van der Waals surface area (Å²) in [6.45, 7) is 0. The molecule has 0 aliphatic heterocycles. The Morgan fingerprint density at radius 2 is 0.508 bits per heavy atom.